The van der Waals surface area contributed by atoms with Gasteiger partial charge in [0.05, 0.1) is 4.90 Å². The number of hydrogen-bond donors (Lipinski definition) is 1. The van der Waals surface area contributed by atoms with Crippen LogP contribution in [0.4, 0.5) is 0 Å². The first-order chi connectivity index (χ1) is 7.91. The topological polar surface area (TPSA) is 67.0 Å². The number of aryl methyl sites for hydroxylation is 1. The molecule has 0 fully saturated rings. The zero-order valence-corrected chi connectivity index (χ0v) is 10.5. The molecular formula is C12H13NO3S. The van der Waals surface area contributed by atoms with Crippen molar-refractivity contribution in [2.45, 2.75) is 18.2 Å². The first-order valence-corrected chi connectivity index (χ1v) is 7.17. The lowest BCUT2D eigenvalue weighted by Crippen LogP contribution is -2.06. The van der Waals surface area contributed by atoms with Gasteiger partial charge in [0.15, 0.2) is 15.3 Å². The highest BCUT2D eigenvalue weighted by molar-refractivity contribution is 7.90. The fraction of sp³-hybridized carbons (Fsp3) is 0.250. The summed E-state index contributed by atoms with van der Waals surface area (Å²) in [5.74, 6) is 0. The van der Waals surface area contributed by atoms with E-state index in [1.807, 2.05) is 6.92 Å². The maximum atomic E-state index is 11.8. The van der Waals surface area contributed by atoms with Gasteiger partial charge in [0.1, 0.15) is 0 Å². The molecule has 0 atom stereocenters. The highest BCUT2D eigenvalue weighted by atomic mass is 32.2. The van der Waals surface area contributed by atoms with E-state index in [1.165, 1.54) is 18.2 Å². The summed E-state index contributed by atoms with van der Waals surface area (Å²) in [5, 5.41) is 0.408. The normalized spacial score (nSPS) is 11.9. The monoisotopic (exact) mass is 251 g/mol. The van der Waals surface area contributed by atoms with Crippen molar-refractivity contribution in [1.29, 1.82) is 0 Å². The van der Waals surface area contributed by atoms with Crippen LogP contribution in [-0.2, 0) is 16.3 Å². The molecule has 0 radical (unpaired) electrons. The summed E-state index contributed by atoms with van der Waals surface area (Å²) in [5.41, 5.74) is 1.36. The van der Waals surface area contributed by atoms with Gasteiger partial charge in [-0.1, -0.05) is 6.92 Å². The Bertz CT molecular complexity index is 729. The summed E-state index contributed by atoms with van der Waals surface area (Å²) < 4.78 is 22.8. The van der Waals surface area contributed by atoms with Crippen LogP contribution >= 0.6 is 0 Å². The first-order valence-electron chi connectivity index (χ1n) is 5.28. The van der Waals surface area contributed by atoms with E-state index in [0.717, 1.165) is 18.4 Å². The minimum absolute atomic E-state index is 0.152. The van der Waals surface area contributed by atoms with Crippen LogP contribution in [0.1, 0.15) is 12.6 Å². The van der Waals surface area contributed by atoms with E-state index in [9.17, 15) is 13.2 Å². The molecule has 17 heavy (non-hydrogen) atoms. The van der Waals surface area contributed by atoms with Gasteiger partial charge in [0, 0.05) is 28.9 Å². The van der Waals surface area contributed by atoms with Crippen molar-refractivity contribution in [3.05, 3.63) is 40.2 Å². The Hall–Kier alpha value is -1.62. The number of nitrogens with one attached hydrogen (secondary N) is 1. The van der Waals surface area contributed by atoms with Gasteiger partial charge in [-0.3, -0.25) is 4.79 Å². The molecule has 5 heteroatoms. The molecule has 0 bridgehead atoms. The molecule has 0 aliphatic heterocycles. The predicted octanol–water partition coefficient (Wildman–Crippen LogP) is 1.49. The van der Waals surface area contributed by atoms with Crippen molar-refractivity contribution >= 4 is 20.7 Å². The second-order valence-electron chi connectivity index (χ2n) is 3.99. The van der Waals surface area contributed by atoms with Gasteiger partial charge in [0.25, 0.3) is 0 Å². The van der Waals surface area contributed by atoms with Crippen molar-refractivity contribution in [1.82, 2.24) is 4.98 Å². The molecule has 90 valence electrons. The predicted molar refractivity (Wildman–Crippen MR) is 67.1 cm³/mol. The Morgan fingerprint density at radius 2 is 1.94 bits per heavy atom. The molecule has 0 amide bonds. The van der Waals surface area contributed by atoms with E-state index < -0.39 is 9.84 Å². The van der Waals surface area contributed by atoms with Crippen LogP contribution in [0.2, 0.25) is 0 Å². The molecule has 2 rings (SSSR count). The van der Waals surface area contributed by atoms with Gasteiger partial charge in [-0.05, 0) is 24.6 Å². The fourth-order valence-electron chi connectivity index (χ4n) is 1.70. The molecule has 0 unspecified atom stereocenters. The van der Waals surface area contributed by atoms with Crippen molar-refractivity contribution in [3.8, 4) is 0 Å². The lowest BCUT2D eigenvalue weighted by atomic mass is 10.2. The Morgan fingerprint density at radius 1 is 1.24 bits per heavy atom. The number of aromatic nitrogens is 1. The third-order valence-electron chi connectivity index (χ3n) is 2.67. The van der Waals surface area contributed by atoms with Crippen LogP contribution in [0.3, 0.4) is 0 Å². The summed E-state index contributed by atoms with van der Waals surface area (Å²) in [7, 11) is -3.28. The van der Waals surface area contributed by atoms with Gasteiger partial charge in [-0.2, -0.15) is 0 Å². The van der Waals surface area contributed by atoms with Crippen molar-refractivity contribution < 1.29 is 8.42 Å². The van der Waals surface area contributed by atoms with E-state index >= 15 is 0 Å². The van der Waals surface area contributed by atoms with Gasteiger partial charge in [0.2, 0.25) is 0 Å². The molecule has 0 spiro atoms. The quantitative estimate of drug-likeness (QED) is 0.879. The Morgan fingerprint density at radius 3 is 2.53 bits per heavy atom. The van der Waals surface area contributed by atoms with Crippen molar-refractivity contribution in [2.24, 2.45) is 0 Å². The van der Waals surface area contributed by atoms with Crippen LogP contribution in [0.15, 0.2) is 34.0 Å². The maximum absolute atomic E-state index is 11.8. The summed E-state index contributed by atoms with van der Waals surface area (Å²) in [6, 6.07) is 6.07. The summed E-state index contributed by atoms with van der Waals surface area (Å²) in [6.45, 7) is 1.95. The van der Waals surface area contributed by atoms with Gasteiger partial charge in [-0.15, -0.1) is 0 Å². The SMILES string of the molecule is CCc1cc(=O)c2cc(S(C)(=O)=O)ccc2[nH]1. The number of fused-ring (bicyclic) bond motifs is 1. The van der Waals surface area contributed by atoms with Crippen molar-refractivity contribution in [3.63, 3.8) is 0 Å². The molecule has 1 N–H and O–H groups in total. The smallest absolute Gasteiger partial charge is 0.189 e. The lowest BCUT2D eigenvalue weighted by Gasteiger charge is -2.04. The number of hydrogen-bond acceptors (Lipinski definition) is 3. The van der Waals surface area contributed by atoms with E-state index in [4.69, 9.17) is 0 Å². The average Bonchev–Trinajstić information content (AvgIpc) is 2.27. The summed E-state index contributed by atoms with van der Waals surface area (Å²) >= 11 is 0. The Labute approximate surface area is 99.2 Å². The summed E-state index contributed by atoms with van der Waals surface area (Å²) in [6.07, 6.45) is 1.86. The molecule has 0 saturated heterocycles. The number of benzene rings is 1. The van der Waals surface area contributed by atoms with Crippen LogP contribution in [0, 0.1) is 0 Å². The second-order valence-corrected chi connectivity index (χ2v) is 6.01. The van der Waals surface area contributed by atoms with Crippen LogP contribution in [0.5, 0.6) is 0 Å². The molecule has 1 heterocycles. The minimum atomic E-state index is -3.28. The molecule has 0 aliphatic carbocycles. The molecule has 0 aliphatic rings. The van der Waals surface area contributed by atoms with E-state index in [0.29, 0.717) is 10.9 Å². The average molecular weight is 251 g/mol. The molecule has 4 nitrogen and oxygen atoms in total. The van der Waals surface area contributed by atoms with E-state index in [1.54, 1.807) is 6.07 Å². The van der Waals surface area contributed by atoms with Crippen molar-refractivity contribution in [2.75, 3.05) is 6.26 Å². The number of rotatable bonds is 2. The maximum Gasteiger partial charge on any atom is 0.189 e. The largest absolute Gasteiger partial charge is 0.358 e. The second kappa shape index (κ2) is 4.00. The third kappa shape index (κ3) is 2.24. The molecule has 1 aromatic carbocycles. The van der Waals surface area contributed by atoms with Gasteiger partial charge >= 0.3 is 0 Å². The van der Waals surface area contributed by atoms with Gasteiger partial charge in [-0.25, -0.2) is 8.42 Å². The molecular weight excluding hydrogens is 238 g/mol. The van der Waals surface area contributed by atoms with Crippen LogP contribution < -0.4 is 5.43 Å². The number of aromatic amines is 1. The fourth-order valence-corrected chi connectivity index (χ4v) is 2.35. The van der Waals surface area contributed by atoms with E-state index in [-0.39, 0.29) is 10.3 Å². The molecule has 0 saturated carbocycles. The zero-order chi connectivity index (χ0) is 12.6. The Balaban J connectivity index is 2.80. The number of sulfone groups is 1. The van der Waals surface area contributed by atoms with Crippen LogP contribution in [0.25, 0.3) is 10.9 Å². The minimum Gasteiger partial charge on any atom is -0.358 e. The number of H-pyrrole nitrogens is 1. The lowest BCUT2D eigenvalue weighted by molar-refractivity contribution is 0.602. The number of pyridine rings is 1. The standard InChI is InChI=1S/C12H13NO3S/c1-3-8-6-12(14)10-7-9(17(2,15)16)4-5-11(10)13-8/h4-7H,3H2,1-2H3,(H,13,14). The summed E-state index contributed by atoms with van der Waals surface area (Å²) in [4.78, 5) is 15.1. The molecule has 1 aromatic heterocycles. The van der Waals surface area contributed by atoms with E-state index in [2.05, 4.69) is 4.98 Å². The Kier molecular flexibility index (Phi) is 2.79. The highest BCUT2D eigenvalue weighted by Gasteiger charge is 2.09. The zero-order valence-electron chi connectivity index (χ0n) is 9.65. The molecule has 2 aromatic rings. The van der Waals surface area contributed by atoms with Gasteiger partial charge < -0.3 is 4.98 Å². The third-order valence-corrected chi connectivity index (χ3v) is 3.78. The first kappa shape index (κ1) is 11.9. The highest BCUT2D eigenvalue weighted by Crippen LogP contribution is 2.15. The van der Waals surface area contributed by atoms with Crippen LogP contribution in [-0.4, -0.2) is 19.7 Å².